The van der Waals surface area contributed by atoms with E-state index in [1.165, 1.54) is 10.9 Å². The number of hydrogen-bond donors (Lipinski definition) is 2. The molecule has 0 unspecified atom stereocenters. The Labute approximate surface area is 120 Å². The molecule has 0 saturated heterocycles. The summed E-state index contributed by atoms with van der Waals surface area (Å²) in [5.74, 6) is -0.281. The number of rotatable bonds is 5. The van der Waals surface area contributed by atoms with E-state index in [1.807, 2.05) is 30.3 Å². The zero-order valence-corrected chi connectivity index (χ0v) is 11.1. The highest BCUT2D eigenvalue weighted by atomic mass is 16.4. The molecular formula is C14H13N5O2. The number of carboxylic acids is 1. The molecule has 106 valence electrons. The third kappa shape index (κ3) is 2.81. The second-order valence-electron chi connectivity index (χ2n) is 4.48. The van der Waals surface area contributed by atoms with E-state index in [9.17, 15) is 4.79 Å². The van der Waals surface area contributed by atoms with Crippen molar-refractivity contribution in [1.82, 2.24) is 20.0 Å². The first kappa shape index (κ1) is 13.0. The minimum absolute atomic E-state index is 0.0571. The molecule has 3 rings (SSSR count). The Morgan fingerprint density at radius 3 is 2.95 bits per heavy atom. The zero-order chi connectivity index (χ0) is 14.7. The Bertz CT molecular complexity index is 778. The Morgan fingerprint density at radius 1 is 1.29 bits per heavy atom. The van der Waals surface area contributed by atoms with Gasteiger partial charge in [0.1, 0.15) is 5.82 Å². The summed E-state index contributed by atoms with van der Waals surface area (Å²) in [5.41, 5.74) is -0.0571. The number of hydrogen-bond acceptors (Lipinski definition) is 5. The van der Waals surface area contributed by atoms with Crippen LogP contribution in [0.5, 0.6) is 0 Å². The molecule has 0 fully saturated rings. The lowest BCUT2D eigenvalue weighted by molar-refractivity contribution is 0.0690. The largest absolute Gasteiger partial charge is 0.476 e. The molecule has 0 amide bonds. The summed E-state index contributed by atoms with van der Waals surface area (Å²) < 4.78 is 1.49. The molecule has 3 aromatic rings. The second kappa shape index (κ2) is 5.58. The van der Waals surface area contributed by atoms with E-state index in [0.29, 0.717) is 13.1 Å². The number of aromatic nitrogens is 4. The normalized spacial score (nSPS) is 10.7. The Balaban J connectivity index is 1.68. The third-order valence-electron chi connectivity index (χ3n) is 3.06. The van der Waals surface area contributed by atoms with E-state index in [2.05, 4.69) is 20.6 Å². The number of fused-ring (bicyclic) bond motifs is 1. The van der Waals surface area contributed by atoms with Gasteiger partial charge >= 0.3 is 5.97 Å². The lowest BCUT2D eigenvalue weighted by Crippen LogP contribution is -2.12. The number of pyridine rings is 1. The van der Waals surface area contributed by atoms with E-state index >= 15 is 0 Å². The SMILES string of the molecule is O=C(O)c1cn(CCNc2nccc3ccccc23)nn1. The summed E-state index contributed by atoms with van der Waals surface area (Å²) in [6, 6.07) is 9.93. The maximum atomic E-state index is 10.7. The first-order valence-corrected chi connectivity index (χ1v) is 6.45. The van der Waals surface area contributed by atoms with E-state index in [4.69, 9.17) is 5.11 Å². The number of nitrogens with zero attached hydrogens (tertiary/aromatic N) is 4. The molecule has 2 aromatic heterocycles. The average molecular weight is 283 g/mol. The molecule has 0 aliphatic rings. The van der Waals surface area contributed by atoms with Crippen molar-refractivity contribution in [3.63, 3.8) is 0 Å². The first-order chi connectivity index (χ1) is 10.2. The minimum atomic E-state index is -1.08. The van der Waals surface area contributed by atoms with Gasteiger partial charge in [-0.1, -0.05) is 29.5 Å². The van der Waals surface area contributed by atoms with Gasteiger partial charge in [0.15, 0.2) is 5.69 Å². The Morgan fingerprint density at radius 2 is 2.14 bits per heavy atom. The van der Waals surface area contributed by atoms with Gasteiger partial charge in [0.2, 0.25) is 0 Å². The molecule has 7 heteroatoms. The van der Waals surface area contributed by atoms with Crippen molar-refractivity contribution in [2.75, 3.05) is 11.9 Å². The molecule has 2 heterocycles. The highest BCUT2D eigenvalue weighted by Gasteiger charge is 2.08. The molecule has 0 aliphatic heterocycles. The van der Waals surface area contributed by atoms with Gasteiger partial charge in [-0.3, -0.25) is 0 Å². The molecule has 0 radical (unpaired) electrons. The number of benzene rings is 1. The van der Waals surface area contributed by atoms with Gasteiger partial charge in [-0.15, -0.1) is 5.10 Å². The van der Waals surface area contributed by atoms with Crippen LogP contribution in [-0.2, 0) is 6.54 Å². The highest BCUT2D eigenvalue weighted by molar-refractivity contribution is 5.91. The van der Waals surface area contributed by atoms with Crippen LogP contribution in [0.2, 0.25) is 0 Å². The highest BCUT2D eigenvalue weighted by Crippen LogP contribution is 2.19. The van der Waals surface area contributed by atoms with Crippen LogP contribution in [0, 0.1) is 0 Å². The van der Waals surface area contributed by atoms with Crippen LogP contribution < -0.4 is 5.32 Å². The first-order valence-electron chi connectivity index (χ1n) is 6.45. The van der Waals surface area contributed by atoms with Crippen LogP contribution in [0.3, 0.4) is 0 Å². The van der Waals surface area contributed by atoms with E-state index in [-0.39, 0.29) is 5.69 Å². The summed E-state index contributed by atoms with van der Waals surface area (Å²) in [5, 5.41) is 21.5. The topological polar surface area (TPSA) is 92.9 Å². The van der Waals surface area contributed by atoms with Crippen LogP contribution >= 0.6 is 0 Å². The minimum Gasteiger partial charge on any atom is -0.476 e. The van der Waals surface area contributed by atoms with Crippen molar-refractivity contribution in [2.24, 2.45) is 0 Å². The van der Waals surface area contributed by atoms with Crippen molar-refractivity contribution in [3.05, 3.63) is 48.4 Å². The van der Waals surface area contributed by atoms with Crippen LogP contribution in [0.4, 0.5) is 5.82 Å². The number of carboxylic acid groups (broad SMARTS) is 1. The zero-order valence-electron chi connectivity index (χ0n) is 11.1. The van der Waals surface area contributed by atoms with Crippen molar-refractivity contribution in [2.45, 2.75) is 6.54 Å². The standard InChI is InChI=1S/C14H13N5O2/c20-14(21)12-9-19(18-17-12)8-7-16-13-11-4-2-1-3-10(11)5-6-15-13/h1-6,9H,7-8H2,(H,15,16)(H,20,21). The smallest absolute Gasteiger partial charge is 0.358 e. The maximum absolute atomic E-state index is 10.7. The fourth-order valence-corrected chi connectivity index (χ4v) is 2.06. The fourth-order valence-electron chi connectivity index (χ4n) is 2.06. The summed E-state index contributed by atoms with van der Waals surface area (Å²) in [6.07, 6.45) is 3.16. The van der Waals surface area contributed by atoms with Gasteiger partial charge in [-0.05, 0) is 11.5 Å². The quantitative estimate of drug-likeness (QED) is 0.739. The molecule has 0 aliphatic carbocycles. The van der Waals surface area contributed by atoms with Crippen molar-refractivity contribution >= 4 is 22.6 Å². The summed E-state index contributed by atoms with van der Waals surface area (Å²) >= 11 is 0. The van der Waals surface area contributed by atoms with E-state index < -0.39 is 5.97 Å². The predicted molar refractivity (Wildman–Crippen MR) is 77.2 cm³/mol. The monoisotopic (exact) mass is 283 g/mol. The van der Waals surface area contributed by atoms with Crippen LogP contribution in [0.1, 0.15) is 10.5 Å². The molecule has 0 bridgehead atoms. The third-order valence-corrected chi connectivity index (χ3v) is 3.06. The second-order valence-corrected chi connectivity index (χ2v) is 4.48. The Kier molecular flexibility index (Phi) is 3.46. The predicted octanol–water partition coefficient (Wildman–Crippen LogP) is 1.64. The molecule has 0 saturated carbocycles. The number of anilines is 1. The number of nitrogens with one attached hydrogen (secondary N) is 1. The molecule has 0 atom stereocenters. The van der Waals surface area contributed by atoms with Crippen LogP contribution in [0.15, 0.2) is 42.7 Å². The maximum Gasteiger partial charge on any atom is 0.358 e. The number of aromatic carboxylic acids is 1. The van der Waals surface area contributed by atoms with Gasteiger partial charge in [0.05, 0.1) is 12.7 Å². The lowest BCUT2D eigenvalue weighted by atomic mass is 10.1. The summed E-state index contributed by atoms with van der Waals surface area (Å²) in [6.45, 7) is 1.08. The van der Waals surface area contributed by atoms with Gasteiger partial charge in [0, 0.05) is 18.1 Å². The van der Waals surface area contributed by atoms with E-state index in [0.717, 1.165) is 16.6 Å². The van der Waals surface area contributed by atoms with Crippen molar-refractivity contribution in [1.29, 1.82) is 0 Å². The van der Waals surface area contributed by atoms with Crippen molar-refractivity contribution < 1.29 is 9.90 Å². The summed E-state index contributed by atoms with van der Waals surface area (Å²) in [7, 11) is 0. The fraction of sp³-hybridized carbons (Fsp3) is 0.143. The molecule has 2 N–H and O–H groups in total. The lowest BCUT2D eigenvalue weighted by Gasteiger charge is -2.08. The molecule has 1 aromatic carbocycles. The summed E-state index contributed by atoms with van der Waals surface area (Å²) in [4.78, 5) is 15.0. The van der Waals surface area contributed by atoms with Crippen molar-refractivity contribution in [3.8, 4) is 0 Å². The Hall–Kier alpha value is -2.96. The molecule has 7 nitrogen and oxygen atoms in total. The van der Waals surface area contributed by atoms with Gasteiger partial charge in [-0.25, -0.2) is 14.5 Å². The number of carbonyl (C=O) groups is 1. The van der Waals surface area contributed by atoms with Crippen LogP contribution in [-0.4, -0.2) is 37.6 Å². The molecule has 21 heavy (non-hydrogen) atoms. The molecular weight excluding hydrogens is 270 g/mol. The molecule has 0 spiro atoms. The van der Waals surface area contributed by atoms with Crippen LogP contribution in [0.25, 0.3) is 10.8 Å². The average Bonchev–Trinajstić information content (AvgIpc) is 2.97. The van der Waals surface area contributed by atoms with E-state index in [1.54, 1.807) is 6.20 Å². The van der Waals surface area contributed by atoms with Gasteiger partial charge in [0.25, 0.3) is 0 Å². The van der Waals surface area contributed by atoms with Gasteiger partial charge < -0.3 is 10.4 Å². The van der Waals surface area contributed by atoms with Gasteiger partial charge in [-0.2, -0.15) is 0 Å².